The average molecular weight is 329 g/mol. The normalized spacial score (nSPS) is 11.4. The lowest BCUT2D eigenvalue weighted by atomic mass is 9.92. The molecule has 0 aliphatic rings. The van der Waals surface area contributed by atoms with Gasteiger partial charge in [0.15, 0.2) is 0 Å². The minimum absolute atomic E-state index is 0.0928. The Labute approximate surface area is 144 Å². The van der Waals surface area contributed by atoms with Gasteiger partial charge in [-0.3, -0.25) is 9.48 Å². The standard InChI is InChI=1S/C19H27N3O2/c1-7-10-24-14-8-9-15(13(2)11-14)20-18(23)16-12-17(19(3,4)5)21-22(16)6/h8-9,11-12H,7,10H2,1-6H3,(H,20,23). The fourth-order valence-corrected chi connectivity index (χ4v) is 2.32. The summed E-state index contributed by atoms with van der Waals surface area (Å²) in [5.41, 5.74) is 3.10. The van der Waals surface area contributed by atoms with Crippen LogP contribution >= 0.6 is 0 Å². The number of hydrogen-bond acceptors (Lipinski definition) is 3. The molecule has 1 N–H and O–H groups in total. The first-order valence-electron chi connectivity index (χ1n) is 8.31. The number of benzene rings is 1. The summed E-state index contributed by atoms with van der Waals surface area (Å²) in [4.78, 5) is 12.6. The van der Waals surface area contributed by atoms with Crippen LogP contribution in [0.4, 0.5) is 5.69 Å². The second kappa shape index (κ2) is 7.07. The Bertz CT molecular complexity index is 727. The molecule has 0 atom stereocenters. The summed E-state index contributed by atoms with van der Waals surface area (Å²) in [6.45, 7) is 11.0. The third kappa shape index (κ3) is 4.16. The lowest BCUT2D eigenvalue weighted by molar-refractivity contribution is 0.101. The minimum Gasteiger partial charge on any atom is -0.494 e. The van der Waals surface area contributed by atoms with Crippen LogP contribution in [0.2, 0.25) is 0 Å². The third-order valence-electron chi connectivity index (χ3n) is 3.80. The van der Waals surface area contributed by atoms with E-state index in [-0.39, 0.29) is 11.3 Å². The summed E-state index contributed by atoms with van der Waals surface area (Å²) >= 11 is 0. The molecule has 0 saturated carbocycles. The zero-order valence-electron chi connectivity index (χ0n) is 15.4. The van der Waals surface area contributed by atoms with Gasteiger partial charge in [0.1, 0.15) is 11.4 Å². The number of nitrogens with one attached hydrogen (secondary N) is 1. The van der Waals surface area contributed by atoms with Crippen LogP contribution in [-0.2, 0) is 12.5 Å². The van der Waals surface area contributed by atoms with Gasteiger partial charge in [0.2, 0.25) is 0 Å². The minimum atomic E-state index is -0.161. The van der Waals surface area contributed by atoms with E-state index >= 15 is 0 Å². The van der Waals surface area contributed by atoms with E-state index < -0.39 is 0 Å². The maximum absolute atomic E-state index is 12.6. The van der Waals surface area contributed by atoms with Gasteiger partial charge in [-0.05, 0) is 43.2 Å². The maximum atomic E-state index is 12.6. The smallest absolute Gasteiger partial charge is 0.273 e. The van der Waals surface area contributed by atoms with Gasteiger partial charge in [0.25, 0.3) is 5.91 Å². The fraction of sp³-hybridized carbons (Fsp3) is 0.474. The maximum Gasteiger partial charge on any atom is 0.273 e. The van der Waals surface area contributed by atoms with E-state index in [9.17, 15) is 4.79 Å². The summed E-state index contributed by atoms with van der Waals surface area (Å²) < 4.78 is 7.24. The molecule has 1 aromatic carbocycles. The molecular formula is C19H27N3O2. The molecule has 2 aromatic rings. The highest BCUT2D eigenvalue weighted by Gasteiger charge is 2.22. The topological polar surface area (TPSA) is 56.1 Å². The van der Waals surface area contributed by atoms with E-state index in [2.05, 4.69) is 38.1 Å². The second-order valence-electron chi connectivity index (χ2n) is 7.07. The molecule has 0 aliphatic carbocycles. The van der Waals surface area contributed by atoms with Crippen LogP contribution in [0.15, 0.2) is 24.3 Å². The molecule has 0 radical (unpaired) electrons. The molecule has 0 bridgehead atoms. The number of anilines is 1. The van der Waals surface area contributed by atoms with E-state index in [4.69, 9.17) is 4.74 Å². The molecule has 0 aliphatic heterocycles. The van der Waals surface area contributed by atoms with Gasteiger partial charge >= 0.3 is 0 Å². The molecule has 0 spiro atoms. The average Bonchev–Trinajstić information content (AvgIpc) is 2.90. The van der Waals surface area contributed by atoms with Crippen molar-refractivity contribution in [2.75, 3.05) is 11.9 Å². The van der Waals surface area contributed by atoms with E-state index in [1.54, 1.807) is 11.7 Å². The van der Waals surface area contributed by atoms with E-state index in [1.807, 2.05) is 31.2 Å². The highest BCUT2D eigenvalue weighted by molar-refractivity contribution is 6.03. The fourth-order valence-electron chi connectivity index (χ4n) is 2.32. The molecule has 0 saturated heterocycles. The number of carbonyl (C=O) groups is 1. The number of hydrogen-bond donors (Lipinski definition) is 1. The zero-order valence-corrected chi connectivity index (χ0v) is 15.4. The van der Waals surface area contributed by atoms with Gasteiger partial charge in [-0.25, -0.2) is 0 Å². The largest absolute Gasteiger partial charge is 0.494 e. The van der Waals surface area contributed by atoms with Crippen LogP contribution in [0.1, 0.15) is 55.9 Å². The predicted octanol–water partition coefficient (Wildman–Crippen LogP) is 4.07. The summed E-state index contributed by atoms with van der Waals surface area (Å²) in [5.74, 6) is 0.661. The molecular weight excluding hydrogens is 302 g/mol. The van der Waals surface area contributed by atoms with Crippen molar-refractivity contribution >= 4 is 11.6 Å². The number of nitrogens with zero attached hydrogens (tertiary/aromatic N) is 2. The van der Waals surface area contributed by atoms with Gasteiger partial charge < -0.3 is 10.1 Å². The van der Waals surface area contributed by atoms with Crippen molar-refractivity contribution in [2.45, 2.75) is 46.5 Å². The molecule has 0 unspecified atom stereocenters. The summed E-state index contributed by atoms with van der Waals surface area (Å²) in [5, 5.41) is 7.41. The predicted molar refractivity (Wildman–Crippen MR) is 96.8 cm³/mol. The van der Waals surface area contributed by atoms with E-state index in [0.29, 0.717) is 12.3 Å². The Morgan fingerprint density at radius 1 is 1.29 bits per heavy atom. The van der Waals surface area contributed by atoms with Crippen molar-refractivity contribution in [1.29, 1.82) is 0 Å². The quantitative estimate of drug-likeness (QED) is 0.899. The summed E-state index contributed by atoms with van der Waals surface area (Å²) in [6.07, 6.45) is 0.966. The Hall–Kier alpha value is -2.30. The Balaban J connectivity index is 2.17. The highest BCUT2D eigenvalue weighted by Crippen LogP contribution is 2.24. The van der Waals surface area contributed by atoms with Crippen molar-refractivity contribution in [1.82, 2.24) is 9.78 Å². The van der Waals surface area contributed by atoms with Gasteiger partial charge in [-0.2, -0.15) is 5.10 Å². The van der Waals surface area contributed by atoms with Crippen LogP contribution in [-0.4, -0.2) is 22.3 Å². The van der Waals surface area contributed by atoms with Crippen molar-refractivity contribution < 1.29 is 9.53 Å². The number of carbonyl (C=O) groups excluding carboxylic acids is 1. The van der Waals surface area contributed by atoms with Crippen LogP contribution < -0.4 is 10.1 Å². The Morgan fingerprint density at radius 2 is 2.00 bits per heavy atom. The van der Waals surface area contributed by atoms with Crippen LogP contribution in [0.3, 0.4) is 0 Å². The van der Waals surface area contributed by atoms with Crippen molar-refractivity contribution in [2.24, 2.45) is 7.05 Å². The SMILES string of the molecule is CCCOc1ccc(NC(=O)c2cc(C(C)(C)C)nn2C)c(C)c1. The first-order chi connectivity index (χ1) is 11.2. The monoisotopic (exact) mass is 329 g/mol. The number of amides is 1. The zero-order chi connectivity index (χ0) is 17.9. The molecule has 1 heterocycles. The first kappa shape index (κ1) is 18.0. The van der Waals surface area contributed by atoms with Crippen molar-refractivity contribution in [3.05, 3.63) is 41.2 Å². The van der Waals surface area contributed by atoms with Gasteiger partial charge in [-0.1, -0.05) is 27.7 Å². The number of aromatic nitrogens is 2. The van der Waals surface area contributed by atoms with E-state index in [1.165, 1.54) is 0 Å². The number of rotatable bonds is 5. The van der Waals surface area contributed by atoms with E-state index in [0.717, 1.165) is 29.1 Å². The lowest BCUT2D eigenvalue weighted by Gasteiger charge is -2.13. The Kier molecular flexibility index (Phi) is 5.32. The molecule has 1 aromatic heterocycles. The molecule has 5 heteroatoms. The molecule has 5 nitrogen and oxygen atoms in total. The van der Waals surface area contributed by atoms with Crippen molar-refractivity contribution in [3.8, 4) is 5.75 Å². The number of aryl methyl sites for hydroxylation is 2. The van der Waals surface area contributed by atoms with Gasteiger partial charge in [0, 0.05) is 18.2 Å². The second-order valence-corrected chi connectivity index (χ2v) is 7.07. The first-order valence-corrected chi connectivity index (χ1v) is 8.31. The third-order valence-corrected chi connectivity index (χ3v) is 3.80. The molecule has 0 fully saturated rings. The van der Waals surface area contributed by atoms with Gasteiger partial charge in [0.05, 0.1) is 12.3 Å². The Morgan fingerprint density at radius 3 is 2.54 bits per heavy atom. The van der Waals surface area contributed by atoms with Crippen LogP contribution in [0.5, 0.6) is 5.75 Å². The summed E-state index contributed by atoms with van der Waals surface area (Å²) in [6, 6.07) is 7.54. The van der Waals surface area contributed by atoms with Crippen LogP contribution in [0.25, 0.3) is 0 Å². The summed E-state index contributed by atoms with van der Waals surface area (Å²) in [7, 11) is 1.79. The van der Waals surface area contributed by atoms with Crippen molar-refractivity contribution in [3.63, 3.8) is 0 Å². The van der Waals surface area contributed by atoms with Crippen LogP contribution in [0, 0.1) is 6.92 Å². The number of ether oxygens (including phenoxy) is 1. The highest BCUT2D eigenvalue weighted by atomic mass is 16.5. The molecule has 2 rings (SSSR count). The van der Waals surface area contributed by atoms with Gasteiger partial charge in [-0.15, -0.1) is 0 Å². The molecule has 130 valence electrons. The molecule has 1 amide bonds. The lowest BCUT2D eigenvalue weighted by Crippen LogP contribution is -2.16. The molecule has 24 heavy (non-hydrogen) atoms.